The molecule has 8 heteroatoms. The van der Waals surface area contributed by atoms with E-state index in [9.17, 15) is 4.79 Å². The van der Waals surface area contributed by atoms with Crippen LogP contribution in [0, 0.1) is 6.92 Å². The Morgan fingerprint density at radius 3 is 2.81 bits per heavy atom. The minimum atomic E-state index is -0.307. The quantitative estimate of drug-likeness (QED) is 0.557. The van der Waals surface area contributed by atoms with E-state index in [2.05, 4.69) is 27.5 Å². The van der Waals surface area contributed by atoms with Crippen molar-refractivity contribution in [2.75, 3.05) is 7.11 Å². The van der Waals surface area contributed by atoms with Crippen LogP contribution < -0.4 is 10.1 Å². The topological polar surface area (TPSA) is 86.9 Å². The van der Waals surface area contributed by atoms with E-state index in [-0.39, 0.29) is 18.0 Å². The summed E-state index contributed by atoms with van der Waals surface area (Å²) in [6.45, 7) is 4.14. The summed E-state index contributed by atoms with van der Waals surface area (Å²) < 4.78 is 9.21. The van der Waals surface area contributed by atoms with Crippen LogP contribution in [0.3, 0.4) is 0 Å². The summed E-state index contributed by atoms with van der Waals surface area (Å²) in [5.74, 6) is 0.752. The maximum Gasteiger partial charge on any atom is 0.245 e. The van der Waals surface area contributed by atoms with E-state index in [0.717, 1.165) is 48.4 Å². The Morgan fingerprint density at radius 2 is 2.10 bits per heavy atom. The molecule has 2 unspecified atom stereocenters. The van der Waals surface area contributed by atoms with Gasteiger partial charge in [0.15, 0.2) is 0 Å². The number of rotatable bonds is 8. The smallest absolute Gasteiger partial charge is 0.245 e. The van der Waals surface area contributed by atoms with Crippen molar-refractivity contribution in [3.8, 4) is 22.7 Å². The number of ether oxygens (including phenoxy) is 1. The first kappa shape index (κ1) is 21.1. The number of hydrogen-bond acceptors (Lipinski definition) is 5. The number of benzene rings is 1. The summed E-state index contributed by atoms with van der Waals surface area (Å²) in [7, 11) is 1.65. The van der Waals surface area contributed by atoms with E-state index in [1.54, 1.807) is 18.1 Å². The zero-order chi connectivity index (χ0) is 21.8. The fourth-order valence-corrected chi connectivity index (χ4v) is 4.13. The molecule has 0 radical (unpaired) electrons. The molecule has 31 heavy (non-hydrogen) atoms. The van der Waals surface area contributed by atoms with E-state index in [1.807, 2.05) is 42.1 Å². The van der Waals surface area contributed by atoms with Gasteiger partial charge in [0, 0.05) is 17.8 Å². The second-order valence-electron chi connectivity index (χ2n) is 8.19. The van der Waals surface area contributed by atoms with Gasteiger partial charge in [-0.1, -0.05) is 37.5 Å². The van der Waals surface area contributed by atoms with E-state index in [0.29, 0.717) is 5.69 Å². The van der Waals surface area contributed by atoms with Gasteiger partial charge in [0.25, 0.3) is 0 Å². The lowest BCUT2D eigenvalue weighted by Gasteiger charge is -2.29. The Hall–Kier alpha value is -3.16. The number of aromatic nitrogens is 5. The van der Waals surface area contributed by atoms with Crippen LogP contribution in [0.1, 0.15) is 57.2 Å². The van der Waals surface area contributed by atoms with Gasteiger partial charge in [-0.05, 0) is 38.3 Å². The average Bonchev–Trinajstić information content (AvgIpc) is 3.43. The molecule has 2 atom stereocenters. The van der Waals surface area contributed by atoms with Crippen molar-refractivity contribution in [2.24, 2.45) is 0 Å². The predicted octanol–water partition coefficient (Wildman–Crippen LogP) is 3.85. The summed E-state index contributed by atoms with van der Waals surface area (Å²) in [5.41, 5.74) is 3.44. The Bertz CT molecular complexity index is 1040. The third-order valence-corrected chi connectivity index (χ3v) is 5.89. The number of imidazole rings is 1. The van der Waals surface area contributed by atoms with Crippen molar-refractivity contribution < 1.29 is 9.53 Å². The van der Waals surface area contributed by atoms with Crippen molar-refractivity contribution in [3.63, 3.8) is 0 Å². The Labute approximate surface area is 182 Å². The van der Waals surface area contributed by atoms with Gasteiger partial charge >= 0.3 is 0 Å². The van der Waals surface area contributed by atoms with Crippen molar-refractivity contribution in [1.29, 1.82) is 0 Å². The van der Waals surface area contributed by atoms with Crippen LogP contribution in [-0.2, 0) is 4.79 Å². The Morgan fingerprint density at radius 1 is 1.23 bits per heavy atom. The van der Waals surface area contributed by atoms with Gasteiger partial charge in [-0.3, -0.25) is 4.79 Å². The first-order valence-electron chi connectivity index (χ1n) is 11.0. The molecule has 1 aliphatic heterocycles. The molecule has 1 fully saturated rings. The lowest BCUT2D eigenvalue weighted by molar-refractivity contribution is -0.127. The number of nitrogens with one attached hydrogen (secondary N) is 1. The number of piperidine rings is 1. The highest BCUT2D eigenvalue weighted by atomic mass is 16.5. The second kappa shape index (κ2) is 9.32. The van der Waals surface area contributed by atoms with Crippen LogP contribution in [0.15, 0.2) is 36.9 Å². The zero-order valence-corrected chi connectivity index (χ0v) is 18.4. The fraction of sp³-hybridized carbons (Fsp3) is 0.478. The number of methoxy groups -OCH3 is 1. The molecule has 3 aromatic rings. The maximum atomic E-state index is 12.7. The maximum absolute atomic E-state index is 12.7. The first-order valence-corrected chi connectivity index (χ1v) is 11.0. The molecule has 4 rings (SSSR count). The predicted molar refractivity (Wildman–Crippen MR) is 118 cm³/mol. The monoisotopic (exact) mass is 422 g/mol. The van der Waals surface area contributed by atoms with Gasteiger partial charge in [0.05, 0.1) is 31.0 Å². The molecule has 1 amide bonds. The van der Waals surface area contributed by atoms with Crippen molar-refractivity contribution in [2.45, 2.75) is 64.5 Å². The van der Waals surface area contributed by atoms with E-state index in [1.165, 1.54) is 12.8 Å². The Balaban J connectivity index is 1.48. The van der Waals surface area contributed by atoms with Gasteiger partial charge in [-0.15, -0.1) is 5.10 Å². The van der Waals surface area contributed by atoms with Gasteiger partial charge in [0.1, 0.15) is 17.5 Å². The van der Waals surface area contributed by atoms with Gasteiger partial charge in [-0.25, -0.2) is 9.67 Å². The third kappa shape index (κ3) is 4.62. The number of aryl methyl sites for hydroxylation is 1. The van der Waals surface area contributed by atoms with E-state index >= 15 is 0 Å². The number of nitrogens with zero attached hydrogens (tertiary/aromatic N) is 5. The SMILES string of the molecule is CCCCCC1CCC(n2cc(-c3ccc(-n4cnc(C)c4)c(OC)c3)nn2)C(=O)N1. The highest BCUT2D eigenvalue weighted by Crippen LogP contribution is 2.30. The van der Waals surface area contributed by atoms with Crippen LogP contribution in [-0.4, -0.2) is 43.6 Å². The lowest BCUT2D eigenvalue weighted by Crippen LogP contribution is -2.44. The van der Waals surface area contributed by atoms with E-state index < -0.39 is 0 Å². The molecule has 3 heterocycles. The minimum absolute atomic E-state index is 0.0348. The number of hydrogen-bond donors (Lipinski definition) is 1. The number of unbranched alkanes of at least 4 members (excludes halogenated alkanes) is 2. The summed E-state index contributed by atoms with van der Waals surface area (Å²) in [4.78, 5) is 16.9. The highest BCUT2D eigenvalue weighted by molar-refractivity contribution is 5.81. The highest BCUT2D eigenvalue weighted by Gasteiger charge is 2.30. The van der Waals surface area contributed by atoms with Crippen molar-refractivity contribution >= 4 is 5.91 Å². The number of carbonyl (C=O) groups excluding carboxylic acids is 1. The number of carbonyl (C=O) groups is 1. The minimum Gasteiger partial charge on any atom is -0.495 e. The molecule has 0 saturated carbocycles. The fourth-order valence-electron chi connectivity index (χ4n) is 4.13. The van der Waals surface area contributed by atoms with Crippen LogP contribution in [0.5, 0.6) is 5.75 Å². The Kier molecular flexibility index (Phi) is 6.34. The molecule has 1 aromatic carbocycles. The van der Waals surface area contributed by atoms with Crippen molar-refractivity contribution in [3.05, 3.63) is 42.6 Å². The normalized spacial score (nSPS) is 18.7. The molecule has 8 nitrogen and oxygen atoms in total. The first-order chi connectivity index (χ1) is 15.1. The summed E-state index contributed by atoms with van der Waals surface area (Å²) in [5, 5.41) is 11.7. The largest absolute Gasteiger partial charge is 0.495 e. The molecule has 2 aromatic heterocycles. The van der Waals surface area contributed by atoms with Crippen molar-refractivity contribution in [1.82, 2.24) is 29.9 Å². The van der Waals surface area contributed by atoms with Crippen LogP contribution in [0.2, 0.25) is 0 Å². The van der Waals surface area contributed by atoms with Crippen LogP contribution in [0.4, 0.5) is 0 Å². The molecule has 1 aliphatic rings. The average molecular weight is 423 g/mol. The summed E-state index contributed by atoms with van der Waals surface area (Å²) >= 11 is 0. The molecule has 1 N–H and O–H groups in total. The third-order valence-electron chi connectivity index (χ3n) is 5.89. The molecule has 164 valence electrons. The molecule has 0 aliphatic carbocycles. The molecular formula is C23H30N6O2. The zero-order valence-electron chi connectivity index (χ0n) is 18.4. The molecule has 0 bridgehead atoms. The second-order valence-corrected chi connectivity index (χ2v) is 8.19. The van der Waals surface area contributed by atoms with Gasteiger partial charge in [0.2, 0.25) is 5.91 Å². The summed E-state index contributed by atoms with van der Waals surface area (Å²) in [6.07, 6.45) is 11.9. The summed E-state index contributed by atoms with van der Waals surface area (Å²) in [6, 6.07) is 5.86. The lowest BCUT2D eigenvalue weighted by atomic mass is 9.96. The van der Waals surface area contributed by atoms with Crippen LogP contribution >= 0.6 is 0 Å². The standard InChI is InChI=1S/C23H30N6O2/c1-4-5-6-7-18-9-11-21(23(30)25-18)29-14-19(26-27-29)17-8-10-20(22(12-17)31-3)28-13-16(2)24-15-28/h8,10,12-15,18,21H,4-7,9,11H2,1-3H3,(H,25,30). The van der Waals surface area contributed by atoms with Gasteiger partial charge < -0.3 is 14.6 Å². The molecule has 0 spiro atoms. The molecule has 1 saturated heterocycles. The number of amides is 1. The van der Waals surface area contributed by atoms with E-state index in [4.69, 9.17) is 4.74 Å². The van der Waals surface area contributed by atoms with Gasteiger partial charge in [-0.2, -0.15) is 0 Å². The van der Waals surface area contributed by atoms with Crippen LogP contribution in [0.25, 0.3) is 16.9 Å². The molecular weight excluding hydrogens is 392 g/mol.